The van der Waals surface area contributed by atoms with Gasteiger partial charge in [-0.1, -0.05) is 24.6 Å². The second-order valence-corrected chi connectivity index (χ2v) is 10.6. The molecular formula is C30H33ClN2O5. The van der Waals surface area contributed by atoms with E-state index in [-0.39, 0.29) is 41.4 Å². The van der Waals surface area contributed by atoms with Crippen LogP contribution in [0.15, 0.2) is 53.7 Å². The van der Waals surface area contributed by atoms with Crippen LogP contribution in [0.3, 0.4) is 0 Å². The molecule has 4 atom stereocenters. The zero-order chi connectivity index (χ0) is 26.8. The first-order valence-corrected chi connectivity index (χ1v) is 13.6. The van der Waals surface area contributed by atoms with Crippen molar-refractivity contribution in [2.24, 2.45) is 17.8 Å². The van der Waals surface area contributed by atoms with E-state index in [1.165, 1.54) is 11.0 Å². The van der Waals surface area contributed by atoms with E-state index in [9.17, 15) is 14.7 Å². The second kappa shape index (κ2) is 11.4. The van der Waals surface area contributed by atoms with Gasteiger partial charge in [0.1, 0.15) is 5.75 Å². The van der Waals surface area contributed by atoms with Gasteiger partial charge in [-0.05, 0) is 84.4 Å². The van der Waals surface area contributed by atoms with Crippen LogP contribution in [0.25, 0.3) is 11.6 Å². The fourth-order valence-corrected chi connectivity index (χ4v) is 6.45. The molecule has 1 N–H and O–H groups in total. The molecule has 3 heterocycles. The van der Waals surface area contributed by atoms with Gasteiger partial charge < -0.3 is 14.6 Å². The highest BCUT2D eigenvalue weighted by Gasteiger charge is 2.56. The summed E-state index contributed by atoms with van der Waals surface area (Å²) >= 11 is 6.41. The Kier molecular flexibility index (Phi) is 7.98. The smallest absolute Gasteiger partial charge is 0.233 e. The van der Waals surface area contributed by atoms with Crippen molar-refractivity contribution in [3.8, 4) is 5.75 Å². The van der Waals surface area contributed by atoms with Crippen molar-refractivity contribution in [3.63, 3.8) is 0 Å². The number of aromatic nitrogens is 1. The first kappa shape index (κ1) is 26.6. The lowest BCUT2D eigenvalue weighted by molar-refractivity contribution is -0.140. The molecule has 2 amide bonds. The van der Waals surface area contributed by atoms with Gasteiger partial charge in [0.05, 0.1) is 41.9 Å². The van der Waals surface area contributed by atoms with Crippen molar-refractivity contribution in [1.82, 2.24) is 9.88 Å². The average molecular weight is 537 g/mol. The summed E-state index contributed by atoms with van der Waals surface area (Å²) in [6, 6.07) is 10.7. The van der Waals surface area contributed by atoms with Gasteiger partial charge >= 0.3 is 0 Å². The molecule has 200 valence electrons. The number of hydrogen-bond acceptors (Lipinski definition) is 6. The summed E-state index contributed by atoms with van der Waals surface area (Å²) in [5.74, 6) is -0.768. The predicted molar refractivity (Wildman–Crippen MR) is 145 cm³/mol. The van der Waals surface area contributed by atoms with Crippen molar-refractivity contribution < 1.29 is 24.2 Å². The molecule has 2 aromatic rings. The van der Waals surface area contributed by atoms with Crippen LogP contribution in [0.5, 0.6) is 5.75 Å². The van der Waals surface area contributed by atoms with Crippen LogP contribution >= 0.6 is 11.6 Å². The molecule has 0 bridgehead atoms. The third kappa shape index (κ3) is 5.03. The van der Waals surface area contributed by atoms with Crippen LogP contribution in [0.1, 0.15) is 43.9 Å². The number of allylic oxidation sites excluding steroid dienone is 1. The molecule has 0 radical (unpaired) electrons. The summed E-state index contributed by atoms with van der Waals surface area (Å²) in [6.45, 7) is 3.31. The minimum absolute atomic E-state index is 0.0518. The number of phenols is 1. The Hall–Kier alpha value is -3.00. The lowest BCUT2D eigenvalue weighted by Gasteiger charge is -2.31. The van der Waals surface area contributed by atoms with E-state index >= 15 is 0 Å². The van der Waals surface area contributed by atoms with E-state index in [1.54, 1.807) is 25.4 Å². The van der Waals surface area contributed by atoms with Gasteiger partial charge in [-0.3, -0.25) is 19.5 Å². The molecule has 8 heteroatoms. The van der Waals surface area contributed by atoms with Crippen molar-refractivity contribution in [2.45, 2.75) is 38.7 Å². The van der Waals surface area contributed by atoms with Gasteiger partial charge in [0, 0.05) is 25.8 Å². The number of likely N-dealkylation sites (tertiary alicyclic amines) is 1. The quantitative estimate of drug-likeness (QED) is 0.353. The first-order valence-electron chi connectivity index (χ1n) is 13.2. The molecule has 38 heavy (non-hydrogen) atoms. The zero-order valence-electron chi connectivity index (χ0n) is 21.7. The molecule has 0 spiro atoms. The van der Waals surface area contributed by atoms with Gasteiger partial charge in [0.15, 0.2) is 0 Å². The van der Waals surface area contributed by atoms with E-state index in [4.69, 9.17) is 21.1 Å². The Labute approximate surface area is 228 Å². The molecule has 7 nitrogen and oxygen atoms in total. The number of methoxy groups -OCH3 is 1. The topological polar surface area (TPSA) is 89.0 Å². The van der Waals surface area contributed by atoms with E-state index in [2.05, 4.69) is 4.98 Å². The number of carbonyl (C=O) groups excluding carboxylic acids is 2. The molecule has 2 saturated heterocycles. The first-order chi connectivity index (χ1) is 18.4. The highest BCUT2D eigenvalue weighted by molar-refractivity contribution is 6.32. The minimum Gasteiger partial charge on any atom is -0.508 e. The van der Waals surface area contributed by atoms with Gasteiger partial charge in [0.2, 0.25) is 11.8 Å². The number of imide groups is 1. The van der Waals surface area contributed by atoms with Gasteiger partial charge in [0.25, 0.3) is 0 Å². The Morgan fingerprint density at radius 3 is 2.79 bits per heavy atom. The molecule has 2 aliphatic heterocycles. The number of pyridine rings is 1. The van der Waals surface area contributed by atoms with Crippen LogP contribution < -0.4 is 0 Å². The van der Waals surface area contributed by atoms with E-state index in [1.807, 2.05) is 31.2 Å². The molecular weight excluding hydrogens is 504 g/mol. The number of aromatic hydroxyl groups is 1. The maximum absolute atomic E-state index is 13.3. The van der Waals surface area contributed by atoms with Crippen LogP contribution in [-0.4, -0.2) is 59.8 Å². The number of ether oxygens (including phenoxy) is 2. The Morgan fingerprint density at radius 2 is 2.08 bits per heavy atom. The third-order valence-corrected chi connectivity index (χ3v) is 8.18. The summed E-state index contributed by atoms with van der Waals surface area (Å²) in [7, 11) is 1.66. The summed E-state index contributed by atoms with van der Waals surface area (Å²) in [6.07, 6.45) is 6.24. The Bertz CT molecular complexity index is 1270. The summed E-state index contributed by atoms with van der Waals surface area (Å²) < 4.78 is 11.9. The SMILES string of the molecule is CCCN1C(=O)[C@@H]2[C@@H](CC(COC)=C3[C@@H](CC/C(=C/c4ccc(O)cc4Cl)c4ccccn4)OC[C@@H]32)C1=O. The van der Waals surface area contributed by atoms with Crippen LogP contribution in [0.2, 0.25) is 5.02 Å². The van der Waals surface area contributed by atoms with Gasteiger partial charge in [-0.2, -0.15) is 0 Å². The van der Waals surface area contributed by atoms with Crippen molar-refractivity contribution in [2.75, 3.05) is 26.9 Å². The number of hydrogen-bond donors (Lipinski definition) is 1. The number of fused-ring (bicyclic) bond motifs is 3. The monoisotopic (exact) mass is 536 g/mol. The van der Waals surface area contributed by atoms with E-state index in [0.717, 1.165) is 34.4 Å². The third-order valence-electron chi connectivity index (χ3n) is 7.85. The number of amides is 2. The fourth-order valence-electron chi connectivity index (χ4n) is 6.22. The van der Waals surface area contributed by atoms with Crippen molar-refractivity contribution >= 4 is 35.1 Å². The molecule has 2 fully saturated rings. The standard InChI is InChI=1S/C30H33ClN2O5/c1-3-12-33-29(35)22-14-20(16-37-2)27-23(28(22)30(33)36)17-38-26(27)10-8-19(25-6-4-5-11-32-25)13-18-7-9-21(34)15-24(18)31/h4-7,9,11,13,15,22-23,26,28,34H,3,8,10,12,14,16-17H2,1-2H3/b19-13-/t22-,23+,26-,28-/m1/s1. The van der Waals surface area contributed by atoms with Crippen LogP contribution in [-0.2, 0) is 19.1 Å². The molecule has 0 unspecified atom stereocenters. The van der Waals surface area contributed by atoms with Crippen molar-refractivity contribution in [1.29, 1.82) is 0 Å². The molecule has 1 aromatic carbocycles. The lowest BCUT2D eigenvalue weighted by Crippen LogP contribution is -2.35. The number of phenolic OH excluding ortho intramolecular Hbond substituents is 1. The normalized spacial score (nSPS) is 25.2. The summed E-state index contributed by atoms with van der Waals surface area (Å²) in [5.41, 5.74) is 4.85. The molecule has 3 aliphatic rings. The Morgan fingerprint density at radius 1 is 1.24 bits per heavy atom. The fraction of sp³-hybridized carbons (Fsp3) is 0.433. The van der Waals surface area contributed by atoms with Gasteiger partial charge in [-0.15, -0.1) is 0 Å². The van der Waals surface area contributed by atoms with Crippen molar-refractivity contribution in [3.05, 3.63) is 70.0 Å². The van der Waals surface area contributed by atoms with Crippen LogP contribution in [0, 0.1) is 17.8 Å². The maximum Gasteiger partial charge on any atom is 0.233 e. The summed E-state index contributed by atoms with van der Waals surface area (Å²) in [4.78, 5) is 32.4. The molecule has 1 aliphatic carbocycles. The summed E-state index contributed by atoms with van der Waals surface area (Å²) in [5, 5.41) is 10.2. The number of nitrogens with zero attached hydrogens (tertiary/aromatic N) is 2. The zero-order valence-corrected chi connectivity index (χ0v) is 22.5. The maximum atomic E-state index is 13.3. The molecule has 0 saturated carbocycles. The average Bonchev–Trinajstić information content (AvgIpc) is 3.43. The number of benzene rings is 1. The highest BCUT2D eigenvalue weighted by atomic mass is 35.5. The number of carbonyl (C=O) groups is 2. The minimum atomic E-state index is -0.351. The lowest BCUT2D eigenvalue weighted by atomic mass is 9.69. The Balaban J connectivity index is 1.43. The molecule has 1 aromatic heterocycles. The highest BCUT2D eigenvalue weighted by Crippen LogP contribution is 2.50. The van der Waals surface area contributed by atoms with Gasteiger partial charge in [-0.25, -0.2) is 0 Å². The molecule has 5 rings (SSSR count). The largest absolute Gasteiger partial charge is 0.508 e. The van der Waals surface area contributed by atoms with E-state index in [0.29, 0.717) is 44.0 Å². The van der Waals surface area contributed by atoms with Crippen LogP contribution in [0.4, 0.5) is 0 Å². The predicted octanol–water partition coefficient (Wildman–Crippen LogP) is 5.13. The second-order valence-electron chi connectivity index (χ2n) is 10.2. The van der Waals surface area contributed by atoms with E-state index < -0.39 is 0 Å². The number of rotatable bonds is 9. The number of halogens is 1.